The molecule has 0 radical (unpaired) electrons. The van der Waals surface area contributed by atoms with Crippen molar-refractivity contribution in [2.75, 3.05) is 26.8 Å². The van der Waals surface area contributed by atoms with Gasteiger partial charge in [-0.05, 0) is 37.8 Å². The Morgan fingerprint density at radius 1 is 1.17 bits per heavy atom. The van der Waals surface area contributed by atoms with E-state index in [1.165, 1.54) is 30.4 Å². The molecule has 0 aromatic heterocycles. The lowest BCUT2D eigenvalue weighted by atomic mass is 9.49. The maximum atomic E-state index is 5.62. The average molecular weight is 245 g/mol. The molecule has 2 heteroatoms. The molecule has 1 aromatic rings. The molecule has 98 valence electrons. The smallest absolute Gasteiger partial charge is 0.0591 e. The van der Waals surface area contributed by atoms with Crippen LogP contribution < -0.4 is 5.32 Å². The minimum Gasteiger partial charge on any atom is -0.379 e. The van der Waals surface area contributed by atoms with E-state index in [1.807, 2.05) is 0 Å². The molecule has 18 heavy (non-hydrogen) atoms. The zero-order chi connectivity index (χ0) is 12.6. The first-order valence-corrected chi connectivity index (χ1v) is 7.02. The van der Waals surface area contributed by atoms with E-state index >= 15 is 0 Å². The molecule has 0 bridgehead atoms. The van der Waals surface area contributed by atoms with E-state index in [0.29, 0.717) is 5.41 Å². The molecule has 1 aliphatic heterocycles. The molecular formula is C16H23NO. The molecule has 2 nitrogen and oxygen atoms in total. The lowest BCUT2D eigenvalue weighted by Gasteiger charge is -2.60. The van der Waals surface area contributed by atoms with E-state index in [4.69, 9.17) is 4.74 Å². The van der Waals surface area contributed by atoms with Gasteiger partial charge in [0.1, 0.15) is 0 Å². The van der Waals surface area contributed by atoms with Crippen LogP contribution in [0.25, 0.3) is 0 Å². The Morgan fingerprint density at radius 3 is 2.22 bits per heavy atom. The summed E-state index contributed by atoms with van der Waals surface area (Å²) in [6.07, 6.45) is 4.05. The molecule has 3 rings (SSSR count). The molecule has 0 atom stereocenters. The van der Waals surface area contributed by atoms with Crippen molar-refractivity contribution < 1.29 is 4.74 Å². The van der Waals surface area contributed by atoms with Gasteiger partial charge in [0.25, 0.3) is 0 Å². The summed E-state index contributed by atoms with van der Waals surface area (Å²) >= 11 is 0. The molecule has 1 saturated heterocycles. The highest BCUT2D eigenvalue weighted by Gasteiger charge is 2.59. The van der Waals surface area contributed by atoms with Gasteiger partial charge >= 0.3 is 0 Å². The Morgan fingerprint density at radius 2 is 1.83 bits per heavy atom. The normalized spacial score (nSPS) is 24.1. The van der Waals surface area contributed by atoms with E-state index in [0.717, 1.165) is 19.8 Å². The number of ether oxygens (including phenoxy) is 1. The first-order chi connectivity index (χ1) is 8.72. The number of hydrogen-bond donors (Lipinski definition) is 1. The quantitative estimate of drug-likeness (QED) is 0.880. The summed E-state index contributed by atoms with van der Waals surface area (Å²) in [6.45, 7) is 5.07. The van der Waals surface area contributed by atoms with Gasteiger partial charge in [0.05, 0.1) is 13.2 Å². The van der Waals surface area contributed by atoms with Gasteiger partial charge in [0.2, 0.25) is 0 Å². The monoisotopic (exact) mass is 245 g/mol. The van der Waals surface area contributed by atoms with Crippen LogP contribution in [0.5, 0.6) is 0 Å². The first-order valence-electron chi connectivity index (χ1n) is 7.02. The van der Waals surface area contributed by atoms with Crippen molar-refractivity contribution in [3.8, 4) is 0 Å². The standard InChI is InChI=1S/C16H23NO/c1-13-4-6-14(7-5-13)16(11-18-12-16)15(10-17-2)8-3-9-15/h4-7,17H,3,8-12H2,1-2H3. The second kappa shape index (κ2) is 4.36. The Kier molecular flexibility index (Phi) is 2.95. The summed E-state index contributed by atoms with van der Waals surface area (Å²) in [7, 11) is 2.07. The second-order valence-electron chi connectivity index (χ2n) is 6.11. The predicted molar refractivity (Wildman–Crippen MR) is 73.9 cm³/mol. The van der Waals surface area contributed by atoms with Gasteiger partial charge in [-0.15, -0.1) is 0 Å². The largest absolute Gasteiger partial charge is 0.379 e. The van der Waals surface area contributed by atoms with Crippen molar-refractivity contribution >= 4 is 0 Å². The molecule has 1 N–H and O–H groups in total. The SMILES string of the molecule is CNCC1(C2(c3ccc(C)cc3)COC2)CCC1. The van der Waals surface area contributed by atoms with Crippen molar-refractivity contribution in [1.29, 1.82) is 0 Å². The summed E-state index contributed by atoms with van der Waals surface area (Å²) in [5.74, 6) is 0. The van der Waals surface area contributed by atoms with Crippen LogP contribution in [0, 0.1) is 12.3 Å². The predicted octanol–water partition coefficient (Wildman–Crippen LogP) is 2.65. The van der Waals surface area contributed by atoms with Gasteiger partial charge in [0.15, 0.2) is 0 Å². The van der Waals surface area contributed by atoms with Crippen LogP contribution in [-0.2, 0) is 10.2 Å². The van der Waals surface area contributed by atoms with E-state index in [9.17, 15) is 0 Å². The summed E-state index contributed by atoms with van der Waals surface area (Å²) < 4.78 is 5.62. The maximum absolute atomic E-state index is 5.62. The maximum Gasteiger partial charge on any atom is 0.0591 e. The average Bonchev–Trinajstić information content (AvgIpc) is 2.26. The molecule has 2 fully saturated rings. The van der Waals surface area contributed by atoms with Crippen molar-refractivity contribution in [2.45, 2.75) is 31.6 Å². The number of aryl methyl sites for hydroxylation is 1. The highest BCUT2D eigenvalue weighted by Crippen LogP contribution is 2.58. The first kappa shape index (κ1) is 12.2. The third-order valence-corrected chi connectivity index (χ3v) is 5.14. The molecule has 0 spiro atoms. The van der Waals surface area contributed by atoms with E-state index < -0.39 is 0 Å². The van der Waals surface area contributed by atoms with Gasteiger partial charge < -0.3 is 10.1 Å². The fourth-order valence-electron chi connectivity index (χ4n) is 3.72. The fraction of sp³-hybridized carbons (Fsp3) is 0.625. The van der Waals surface area contributed by atoms with Crippen LogP contribution in [0.2, 0.25) is 0 Å². The van der Waals surface area contributed by atoms with Crippen LogP contribution >= 0.6 is 0 Å². The van der Waals surface area contributed by atoms with Crippen molar-refractivity contribution in [2.24, 2.45) is 5.41 Å². The highest BCUT2D eigenvalue weighted by atomic mass is 16.5. The number of nitrogens with one attached hydrogen (secondary N) is 1. The van der Waals surface area contributed by atoms with E-state index in [2.05, 4.69) is 43.6 Å². The molecule has 0 unspecified atom stereocenters. The minimum absolute atomic E-state index is 0.266. The number of hydrogen-bond acceptors (Lipinski definition) is 2. The minimum atomic E-state index is 0.266. The lowest BCUT2D eigenvalue weighted by Crippen LogP contribution is -2.64. The van der Waals surface area contributed by atoms with Crippen LogP contribution in [0.3, 0.4) is 0 Å². The molecule has 1 saturated carbocycles. The Labute approximate surface area is 110 Å². The van der Waals surface area contributed by atoms with Crippen molar-refractivity contribution in [1.82, 2.24) is 5.32 Å². The Bertz CT molecular complexity index is 415. The molecule has 1 heterocycles. The third-order valence-electron chi connectivity index (χ3n) is 5.14. The second-order valence-corrected chi connectivity index (χ2v) is 6.11. The summed E-state index contributed by atoms with van der Waals surface area (Å²) in [5.41, 5.74) is 3.51. The van der Waals surface area contributed by atoms with Gasteiger partial charge in [-0.3, -0.25) is 0 Å². The summed E-state index contributed by atoms with van der Waals surface area (Å²) in [6, 6.07) is 9.10. The molecule has 1 aromatic carbocycles. The van der Waals surface area contributed by atoms with Gasteiger partial charge in [0, 0.05) is 12.0 Å². The van der Waals surface area contributed by atoms with Crippen LogP contribution in [0.4, 0.5) is 0 Å². The van der Waals surface area contributed by atoms with Crippen LogP contribution in [0.15, 0.2) is 24.3 Å². The van der Waals surface area contributed by atoms with Gasteiger partial charge in [-0.25, -0.2) is 0 Å². The molecular weight excluding hydrogens is 222 g/mol. The van der Waals surface area contributed by atoms with Crippen molar-refractivity contribution in [3.05, 3.63) is 35.4 Å². The number of rotatable bonds is 4. The molecule has 2 aliphatic rings. The van der Waals surface area contributed by atoms with Gasteiger partial charge in [-0.1, -0.05) is 36.2 Å². The Hall–Kier alpha value is -0.860. The number of benzene rings is 1. The van der Waals surface area contributed by atoms with Crippen LogP contribution in [0.1, 0.15) is 30.4 Å². The third kappa shape index (κ3) is 1.55. The summed E-state index contributed by atoms with van der Waals surface area (Å²) in [4.78, 5) is 0. The highest BCUT2D eigenvalue weighted by molar-refractivity contribution is 5.35. The lowest BCUT2D eigenvalue weighted by molar-refractivity contribution is -0.156. The Balaban J connectivity index is 1.96. The zero-order valence-corrected chi connectivity index (χ0v) is 11.5. The molecule has 1 aliphatic carbocycles. The van der Waals surface area contributed by atoms with Crippen LogP contribution in [-0.4, -0.2) is 26.8 Å². The zero-order valence-electron chi connectivity index (χ0n) is 11.5. The van der Waals surface area contributed by atoms with Gasteiger partial charge in [-0.2, -0.15) is 0 Å². The van der Waals surface area contributed by atoms with E-state index in [-0.39, 0.29) is 5.41 Å². The van der Waals surface area contributed by atoms with E-state index in [1.54, 1.807) is 0 Å². The fourth-order valence-corrected chi connectivity index (χ4v) is 3.72. The van der Waals surface area contributed by atoms with Crippen molar-refractivity contribution in [3.63, 3.8) is 0 Å². The topological polar surface area (TPSA) is 21.3 Å². The summed E-state index contributed by atoms with van der Waals surface area (Å²) in [5, 5.41) is 3.41. The molecule has 0 amide bonds.